The Kier molecular flexibility index (Phi) is 6.98. The predicted octanol–water partition coefficient (Wildman–Crippen LogP) is 6.64. The number of halogens is 2. The highest BCUT2D eigenvalue weighted by Gasteiger charge is 2.13. The molecule has 0 aliphatic rings. The van der Waals surface area contributed by atoms with Gasteiger partial charge in [-0.3, -0.25) is 0 Å². The lowest BCUT2D eigenvalue weighted by molar-refractivity contribution is 0.262. The highest BCUT2D eigenvalue weighted by atomic mass is 35.5. The SMILES string of the molecule is CCc1nccc(-c2cccnc2Oc2ccc(NC(=O)Nc3ccc(Cl)c(F)c3)cc2C)n1. The van der Waals surface area contributed by atoms with E-state index in [9.17, 15) is 9.18 Å². The fraction of sp³-hybridized carbons (Fsp3) is 0.120. The van der Waals surface area contributed by atoms with Crippen LogP contribution < -0.4 is 15.4 Å². The average molecular weight is 478 g/mol. The van der Waals surface area contributed by atoms with E-state index in [0.29, 0.717) is 17.3 Å². The standard InChI is InChI=1S/C25H21ClFN5O2/c1-3-23-28-12-10-21(32-23)18-5-4-11-29-24(18)34-22-9-7-16(13-15(22)2)30-25(33)31-17-6-8-19(26)20(27)14-17/h4-14H,3H2,1-2H3,(H2,30,31,33). The van der Waals surface area contributed by atoms with E-state index < -0.39 is 11.8 Å². The van der Waals surface area contributed by atoms with Crippen LogP contribution >= 0.6 is 11.6 Å². The fourth-order valence-electron chi connectivity index (χ4n) is 3.20. The van der Waals surface area contributed by atoms with Gasteiger partial charge >= 0.3 is 6.03 Å². The predicted molar refractivity (Wildman–Crippen MR) is 130 cm³/mol. The Labute approximate surface area is 201 Å². The van der Waals surface area contributed by atoms with E-state index in [0.717, 1.165) is 35.1 Å². The van der Waals surface area contributed by atoms with Crippen molar-refractivity contribution in [3.63, 3.8) is 0 Å². The Bertz CT molecular complexity index is 1350. The van der Waals surface area contributed by atoms with Gasteiger partial charge in [0, 0.05) is 30.2 Å². The molecule has 2 heterocycles. The van der Waals surface area contributed by atoms with E-state index in [1.807, 2.05) is 32.0 Å². The van der Waals surface area contributed by atoms with Crippen LogP contribution in [0.25, 0.3) is 11.3 Å². The lowest BCUT2D eigenvalue weighted by Gasteiger charge is -2.13. The molecule has 172 valence electrons. The summed E-state index contributed by atoms with van der Waals surface area (Å²) in [5.41, 5.74) is 3.08. The Morgan fingerprint density at radius 3 is 2.53 bits per heavy atom. The van der Waals surface area contributed by atoms with Crippen LogP contribution in [0.4, 0.5) is 20.6 Å². The molecule has 2 N–H and O–H groups in total. The quantitative estimate of drug-likeness (QED) is 0.325. The maximum absolute atomic E-state index is 13.6. The van der Waals surface area contributed by atoms with Crippen molar-refractivity contribution in [1.82, 2.24) is 15.0 Å². The van der Waals surface area contributed by atoms with Crippen molar-refractivity contribution in [2.24, 2.45) is 0 Å². The Morgan fingerprint density at radius 1 is 1.03 bits per heavy atom. The Balaban J connectivity index is 1.49. The monoisotopic (exact) mass is 477 g/mol. The smallest absolute Gasteiger partial charge is 0.323 e. The van der Waals surface area contributed by atoms with Gasteiger partial charge in [0.05, 0.1) is 16.3 Å². The van der Waals surface area contributed by atoms with Gasteiger partial charge in [0.25, 0.3) is 0 Å². The number of nitrogens with one attached hydrogen (secondary N) is 2. The van der Waals surface area contributed by atoms with E-state index in [2.05, 4.69) is 25.6 Å². The first-order chi connectivity index (χ1) is 16.4. The minimum atomic E-state index is -0.612. The van der Waals surface area contributed by atoms with Gasteiger partial charge < -0.3 is 15.4 Å². The minimum absolute atomic E-state index is 0.0150. The largest absolute Gasteiger partial charge is 0.438 e. The van der Waals surface area contributed by atoms with Gasteiger partial charge in [0.1, 0.15) is 17.4 Å². The molecule has 0 fully saturated rings. The molecule has 0 aliphatic heterocycles. The van der Waals surface area contributed by atoms with Crippen LogP contribution in [-0.2, 0) is 6.42 Å². The molecule has 0 bridgehead atoms. The Morgan fingerprint density at radius 2 is 1.79 bits per heavy atom. The molecule has 0 radical (unpaired) electrons. The molecule has 2 amide bonds. The summed E-state index contributed by atoms with van der Waals surface area (Å²) in [4.78, 5) is 25.5. The molecule has 0 atom stereocenters. The van der Waals surface area contributed by atoms with Gasteiger partial charge in [-0.15, -0.1) is 0 Å². The second-order valence-corrected chi connectivity index (χ2v) is 7.77. The van der Waals surface area contributed by atoms with Crippen LogP contribution in [0, 0.1) is 12.7 Å². The van der Waals surface area contributed by atoms with Gasteiger partial charge in [-0.1, -0.05) is 18.5 Å². The maximum atomic E-state index is 13.6. The van der Waals surface area contributed by atoms with Crippen LogP contribution in [0.5, 0.6) is 11.6 Å². The van der Waals surface area contributed by atoms with Crippen molar-refractivity contribution in [3.05, 3.63) is 89.2 Å². The highest BCUT2D eigenvalue weighted by molar-refractivity contribution is 6.30. The zero-order chi connectivity index (χ0) is 24.1. The van der Waals surface area contributed by atoms with Crippen molar-refractivity contribution >= 4 is 29.0 Å². The zero-order valence-electron chi connectivity index (χ0n) is 18.5. The van der Waals surface area contributed by atoms with Gasteiger partial charge in [0.2, 0.25) is 5.88 Å². The van der Waals surface area contributed by atoms with Crippen molar-refractivity contribution in [2.75, 3.05) is 10.6 Å². The van der Waals surface area contributed by atoms with E-state index in [1.165, 1.54) is 12.1 Å². The summed E-state index contributed by atoms with van der Waals surface area (Å²) in [6, 6.07) is 14.2. The summed E-state index contributed by atoms with van der Waals surface area (Å²) in [6.45, 7) is 3.85. The minimum Gasteiger partial charge on any atom is -0.438 e. The molecule has 2 aromatic carbocycles. The first-order valence-electron chi connectivity index (χ1n) is 10.5. The van der Waals surface area contributed by atoms with E-state index in [1.54, 1.807) is 30.6 Å². The number of urea groups is 1. The summed E-state index contributed by atoms with van der Waals surface area (Å²) >= 11 is 5.67. The van der Waals surface area contributed by atoms with Crippen LogP contribution in [0.2, 0.25) is 5.02 Å². The zero-order valence-corrected chi connectivity index (χ0v) is 19.2. The van der Waals surface area contributed by atoms with Crippen LogP contribution in [0.1, 0.15) is 18.3 Å². The molecule has 4 aromatic rings. The van der Waals surface area contributed by atoms with E-state index in [4.69, 9.17) is 16.3 Å². The third kappa shape index (κ3) is 5.47. The number of aromatic nitrogens is 3. The number of carbonyl (C=O) groups excluding carboxylic acids is 1. The number of amides is 2. The molecule has 4 rings (SSSR count). The molecule has 0 unspecified atom stereocenters. The molecule has 0 spiro atoms. The highest BCUT2D eigenvalue weighted by Crippen LogP contribution is 2.32. The molecule has 7 nitrogen and oxygen atoms in total. The third-order valence-electron chi connectivity index (χ3n) is 4.89. The number of hydrogen-bond donors (Lipinski definition) is 2. The summed E-state index contributed by atoms with van der Waals surface area (Å²) in [7, 11) is 0. The number of pyridine rings is 1. The number of rotatable bonds is 6. The Hall–Kier alpha value is -4.04. The molecule has 0 saturated heterocycles. The normalized spacial score (nSPS) is 10.6. The second kappa shape index (κ2) is 10.3. The number of aryl methyl sites for hydroxylation is 2. The lowest BCUT2D eigenvalue weighted by Crippen LogP contribution is -2.19. The average Bonchev–Trinajstić information content (AvgIpc) is 2.83. The maximum Gasteiger partial charge on any atom is 0.323 e. The van der Waals surface area contributed by atoms with E-state index in [-0.39, 0.29) is 10.7 Å². The summed E-state index contributed by atoms with van der Waals surface area (Å²) < 4.78 is 19.7. The van der Waals surface area contributed by atoms with Gasteiger partial charge in [-0.05, 0) is 67.1 Å². The number of anilines is 2. The van der Waals surface area contributed by atoms with Gasteiger partial charge in [-0.2, -0.15) is 0 Å². The topological polar surface area (TPSA) is 89.0 Å². The van der Waals surface area contributed by atoms with Gasteiger partial charge in [-0.25, -0.2) is 24.1 Å². The molecule has 2 aromatic heterocycles. The first kappa shape index (κ1) is 23.1. The molecular weight excluding hydrogens is 457 g/mol. The lowest BCUT2D eigenvalue weighted by atomic mass is 10.1. The summed E-state index contributed by atoms with van der Waals surface area (Å²) in [5, 5.41) is 5.26. The van der Waals surface area contributed by atoms with Crippen molar-refractivity contribution < 1.29 is 13.9 Å². The molecule has 0 aliphatic carbocycles. The molecular formula is C25H21ClFN5O2. The van der Waals surface area contributed by atoms with Crippen molar-refractivity contribution in [2.45, 2.75) is 20.3 Å². The van der Waals surface area contributed by atoms with Crippen LogP contribution in [0.3, 0.4) is 0 Å². The molecule has 34 heavy (non-hydrogen) atoms. The number of ether oxygens (including phenoxy) is 1. The number of benzene rings is 2. The second-order valence-electron chi connectivity index (χ2n) is 7.36. The van der Waals surface area contributed by atoms with Crippen LogP contribution in [0.15, 0.2) is 67.0 Å². The number of carbonyl (C=O) groups is 1. The molecule has 0 saturated carbocycles. The van der Waals surface area contributed by atoms with E-state index >= 15 is 0 Å². The summed E-state index contributed by atoms with van der Waals surface area (Å²) in [5.74, 6) is 1.11. The van der Waals surface area contributed by atoms with Crippen molar-refractivity contribution in [1.29, 1.82) is 0 Å². The number of hydrogen-bond acceptors (Lipinski definition) is 5. The summed E-state index contributed by atoms with van der Waals surface area (Å²) in [6.07, 6.45) is 4.08. The van der Waals surface area contributed by atoms with Crippen molar-refractivity contribution in [3.8, 4) is 22.9 Å². The first-order valence-corrected chi connectivity index (χ1v) is 10.9. The number of nitrogens with zero attached hydrogens (tertiary/aromatic N) is 3. The van der Waals surface area contributed by atoms with Gasteiger partial charge in [0.15, 0.2) is 0 Å². The third-order valence-corrected chi connectivity index (χ3v) is 5.19. The fourth-order valence-corrected chi connectivity index (χ4v) is 3.32. The molecule has 9 heteroatoms. The van der Waals surface area contributed by atoms with Crippen LogP contribution in [-0.4, -0.2) is 21.0 Å².